The quantitative estimate of drug-likeness (QED) is 0.800. The maximum atomic E-state index is 11.6. The minimum atomic E-state index is -0.518. The topological polar surface area (TPSA) is 79.2 Å². The molecule has 18 heavy (non-hydrogen) atoms. The fraction of sp³-hybridized carbons (Fsp3) is 0.308. The molecule has 1 amide bonds. The Hall–Kier alpha value is -2.35. The van der Waals surface area contributed by atoms with E-state index < -0.39 is 12.0 Å². The van der Waals surface area contributed by atoms with Gasteiger partial charge in [-0.1, -0.05) is 12.1 Å². The lowest BCUT2D eigenvalue weighted by molar-refractivity contribution is -0.147. The first kappa shape index (κ1) is 12.1. The lowest BCUT2D eigenvalue weighted by atomic mass is 10.1. The van der Waals surface area contributed by atoms with Gasteiger partial charge in [0.1, 0.15) is 12.6 Å². The summed E-state index contributed by atoms with van der Waals surface area (Å²) >= 11 is 0. The van der Waals surface area contributed by atoms with Gasteiger partial charge in [0, 0.05) is 6.42 Å². The van der Waals surface area contributed by atoms with E-state index in [0.717, 1.165) is 5.56 Å². The molecule has 0 saturated carbocycles. The van der Waals surface area contributed by atoms with Crippen LogP contribution in [0.5, 0.6) is 0 Å². The Kier molecular flexibility index (Phi) is 3.58. The number of ether oxygens (including phenoxy) is 1. The van der Waals surface area contributed by atoms with Gasteiger partial charge in [0.05, 0.1) is 11.6 Å². The molecule has 1 aliphatic rings. The molecule has 1 heterocycles. The van der Waals surface area contributed by atoms with Crippen molar-refractivity contribution in [1.82, 2.24) is 5.32 Å². The number of nitriles is 1. The minimum absolute atomic E-state index is 0.115. The van der Waals surface area contributed by atoms with Crippen molar-refractivity contribution in [3.05, 3.63) is 35.4 Å². The summed E-state index contributed by atoms with van der Waals surface area (Å²) in [5.74, 6) is -0.527. The van der Waals surface area contributed by atoms with E-state index in [1.54, 1.807) is 24.3 Å². The Morgan fingerprint density at radius 2 is 2.17 bits per heavy atom. The van der Waals surface area contributed by atoms with E-state index in [0.29, 0.717) is 18.4 Å². The summed E-state index contributed by atoms with van der Waals surface area (Å²) in [5, 5.41) is 11.2. The number of carbonyl (C=O) groups is 2. The number of esters is 1. The third-order valence-corrected chi connectivity index (χ3v) is 2.74. The van der Waals surface area contributed by atoms with E-state index in [2.05, 4.69) is 5.32 Å². The molecule has 0 spiro atoms. The van der Waals surface area contributed by atoms with Crippen molar-refractivity contribution in [2.24, 2.45) is 0 Å². The predicted molar refractivity (Wildman–Crippen MR) is 62.1 cm³/mol. The average Bonchev–Trinajstić information content (AvgIpc) is 2.83. The van der Waals surface area contributed by atoms with E-state index in [1.165, 1.54) is 0 Å². The first-order valence-corrected chi connectivity index (χ1v) is 5.64. The Morgan fingerprint density at radius 1 is 1.44 bits per heavy atom. The van der Waals surface area contributed by atoms with E-state index in [9.17, 15) is 9.59 Å². The molecule has 1 aromatic rings. The largest absolute Gasteiger partial charge is 0.459 e. The van der Waals surface area contributed by atoms with Crippen LogP contribution >= 0.6 is 0 Å². The smallest absolute Gasteiger partial charge is 0.328 e. The highest BCUT2D eigenvalue weighted by Gasteiger charge is 2.28. The van der Waals surface area contributed by atoms with Crippen LogP contribution in [0.25, 0.3) is 0 Å². The van der Waals surface area contributed by atoms with Crippen molar-refractivity contribution in [3.8, 4) is 6.07 Å². The first-order valence-electron chi connectivity index (χ1n) is 5.64. The van der Waals surface area contributed by atoms with Gasteiger partial charge in [0.15, 0.2) is 0 Å². The van der Waals surface area contributed by atoms with Crippen molar-refractivity contribution < 1.29 is 14.3 Å². The van der Waals surface area contributed by atoms with Crippen molar-refractivity contribution in [2.75, 3.05) is 0 Å². The summed E-state index contributed by atoms with van der Waals surface area (Å²) in [7, 11) is 0. The Balaban J connectivity index is 1.85. The van der Waals surface area contributed by atoms with E-state index >= 15 is 0 Å². The summed E-state index contributed by atoms with van der Waals surface area (Å²) in [5.41, 5.74) is 1.37. The van der Waals surface area contributed by atoms with Crippen LogP contribution in [0.2, 0.25) is 0 Å². The SMILES string of the molecule is N#Cc1ccc(COC(=O)[C@@H]2CCC(=O)N2)cc1. The third kappa shape index (κ3) is 2.86. The Bertz CT molecular complexity index is 502. The summed E-state index contributed by atoms with van der Waals surface area (Å²) in [6, 6.07) is 8.30. The van der Waals surface area contributed by atoms with Gasteiger partial charge in [-0.3, -0.25) is 4.79 Å². The third-order valence-electron chi connectivity index (χ3n) is 2.74. The molecule has 1 N–H and O–H groups in total. The van der Waals surface area contributed by atoms with E-state index in [-0.39, 0.29) is 12.5 Å². The van der Waals surface area contributed by atoms with Gasteiger partial charge in [-0.05, 0) is 24.1 Å². The molecule has 1 aromatic carbocycles. The number of amides is 1. The number of hydrogen-bond donors (Lipinski definition) is 1. The van der Waals surface area contributed by atoms with E-state index in [1.807, 2.05) is 6.07 Å². The van der Waals surface area contributed by atoms with Crippen molar-refractivity contribution in [1.29, 1.82) is 5.26 Å². The van der Waals surface area contributed by atoms with E-state index in [4.69, 9.17) is 10.00 Å². The number of rotatable bonds is 3. The molecule has 5 nitrogen and oxygen atoms in total. The van der Waals surface area contributed by atoms with Crippen molar-refractivity contribution >= 4 is 11.9 Å². The summed E-state index contributed by atoms with van der Waals surface area (Å²) in [6.45, 7) is 0.150. The Morgan fingerprint density at radius 3 is 2.72 bits per heavy atom. The molecule has 5 heteroatoms. The standard InChI is InChI=1S/C13H12N2O3/c14-7-9-1-3-10(4-2-9)8-18-13(17)11-5-6-12(16)15-11/h1-4,11H,5-6,8H2,(H,15,16)/t11-/m0/s1. The van der Waals surface area contributed by atoms with Gasteiger partial charge in [-0.2, -0.15) is 5.26 Å². The molecule has 0 unspecified atom stereocenters. The second kappa shape index (κ2) is 5.32. The molecule has 0 aliphatic carbocycles. The lowest BCUT2D eigenvalue weighted by Gasteiger charge is -2.10. The van der Waals surface area contributed by atoms with Crippen LogP contribution in [0, 0.1) is 11.3 Å². The number of nitrogens with zero attached hydrogens (tertiary/aromatic N) is 1. The molecule has 0 aromatic heterocycles. The Labute approximate surface area is 104 Å². The molecule has 1 aliphatic heterocycles. The molecule has 1 atom stereocenters. The van der Waals surface area contributed by atoms with Crippen LogP contribution in [0.15, 0.2) is 24.3 Å². The summed E-state index contributed by atoms with van der Waals surface area (Å²) in [6.07, 6.45) is 0.863. The molecule has 2 rings (SSSR count). The van der Waals surface area contributed by atoms with Gasteiger partial charge < -0.3 is 10.1 Å². The van der Waals surface area contributed by atoms with Gasteiger partial charge in [0.2, 0.25) is 5.91 Å². The highest BCUT2D eigenvalue weighted by atomic mass is 16.5. The molecular formula is C13H12N2O3. The maximum Gasteiger partial charge on any atom is 0.328 e. The number of nitrogens with one attached hydrogen (secondary N) is 1. The van der Waals surface area contributed by atoms with Gasteiger partial charge in [-0.25, -0.2) is 4.79 Å². The zero-order chi connectivity index (χ0) is 13.0. The van der Waals surface area contributed by atoms with Crippen molar-refractivity contribution in [3.63, 3.8) is 0 Å². The molecule has 92 valence electrons. The lowest BCUT2D eigenvalue weighted by Crippen LogP contribution is -2.34. The zero-order valence-corrected chi connectivity index (χ0v) is 9.68. The molecule has 0 bridgehead atoms. The molecule has 1 fully saturated rings. The van der Waals surface area contributed by atoms with Crippen LogP contribution in [-0.4, -0.2) is 17.9 Å². The fourth-order valence-corrected chi connectivity index (χ4v) is 1.72. The molecular weight excluding hydrogens is 232 g/mol. The minimum Gasteiger partial charge on any atom is -0.459 e. The van der Waals surface area contributed by atoms with Gasteiger partial charge in [0.25, 0.3) is 0 Å². The highest BCUT2D eigenvalue weighted by molar-refractivity contribution is 5.88. The zero-order valence-electron chi connectivity index (χ0n) is 9.68. The summed E-state index contributed by atoms with van der Waals surface area (Å²) < 4.78 is 5.10. The first-order chi connectivity index (χ1) is 8.69. The average molecular weight is 244 g/mol. The molecule has 0 radical (unpaired) electrons. The van der Waals surface area contributed by atoms with Crippen LogP contribution < -0.4 is 5.32 Å². The second-order valence-electron chi connectivity index (χ2n) is 4.08. The van der Waals surface area contributed by atoms with Crippen LogP contribution in [0.4, 0.5) is 0 Å². The highest BCUT2D eigenvalue weighted by Crippen LogP contribution is 2.10. The summed E-state index contributed by atoms with van der Waals surface area (Å²) in [4.78, 5) is 22.6. The van der Waals surface area contributed by atoms with Crippen LogP contribution in [0.1, 0.15) is 24.0 Å². The normalized spacial score (nSPS) is 17.9. The number of carbonyl (C=O) groups excluding carboxylic acids is 2. The van der Waals surface area contributed by atoms with Crippen LogP contribution in [0.3, 0.4) is 0 Å². The van der Waals surface area contributed by atoms with Gasteiger partial charge >= 0.3 is 5.97 Å². The number of hydrogen-bond acceptors (Lipinski definition) is 4. The fourth-order valence-electron chi connectivity index (χ4n) is 1.72. The predicted octanol–water partition coefficient (Wildman–Crippen LogP) is 0.880. The maximum absolute atomic E-state index is 11.6. The second-order valence-corrected chi connectivity index (χ2v) is 4.08. The number of benzene rings is 1. The molecule has 1 saturated heterocycles. The van der Waals surface area contributed by atoms with Crippen molar-refractivity contribution in [2.45, 2.75) is 25.5 Å². The monoisotopic (exact) mass is 244 g/mol. The van der Waals surface area contributed by atoms with Crippen LogP contribution in [-0.2, 0) is 20.9 Å². The van der Waals surface area contributed by atoms with Gasteiger partial charge in [-0.15, -0.1) is 0 Å².